The van der Waals surface area contributed by atoms with Crippen LogP contribution in [0.5, 0.6) is 0 Å². The Labute approximate surface area is 229 Å². The van der Waals surface area contributed by atoms with Gasteiger partial charge in [0.1, 0.15) is 0 Å². The predicted molar refractivity (Wildman–Crippen MR) is 149 cm³/mol. The summed E-state index contributed by atoms with van der Waals surface area (Å²) in [5, 5.41) is 19.8. The van der Waals surface area contributed by atoms with Crippen molar-refractivity contribution in [3.8, 4) is 17.2 Å². The summed E-state index contributed by atoms with van der Waals surface area (Å²) in [6, 6.07) is 7.05. The van der Waals surface area contributed by atoms with Gasteiger partial charge in [-0.05, 0) is 31.9 Å². The summed E-state index contributed by atoms with van der Waals surface area (Å²) in [5.74, 6) is 1.08. The molecule has 1 atom stereocenters. The number of likely N-dealkylation sites (N-methyl/N-ethyl adjacent to an activating group) is 1. The van der Waals surface area contributed by atoms with E-state index in [1.165, 1.54) is 5.69 Å². The molecule has 6 rings (SSSR count). The Kier molecular flexibility index (Phi) is 6.55. The van der Waals surface area contributed by atoms with Crippen LogP contribution in [0, 0.1) is 11.3 Å². The van der Waals surface area contributed by atoms with E-state index >= 15 is 0 Å². The molecule has 3 aliphatic rings. The number of nitrogens with zero attached hydrogens (tertiary/aromatic N) is 8. The second-order valence-electron chi connectivity index (χ2n) is 10.9. The number of carbonyl (C=O) groups is 1. The molecular weight excluding hydrogens is 492 g/mol. The molecule has 3 aromatic rings. The normalized spacial score (nSPS) is 19.6. The van der Waals surface area contributed by atoms with Crippen LogP contribution >= 0.6 is 0 Å². The first-order valence-electron chi connectivity index (χ1n) is 13.9. The van der Waals surface area contributed by atoms with Crippen molar-refractivity contribution in [1.82, 2.24) is 24.5 Å². The molecule has 0 radical (unpaired) electrons. The lowest BCUT2D eigenvalue weighted by atomic mass is 9.97. The minimum absolute atomic E-state index is 0.172. The zero-order valence-corrected chi connectivity index (χ0v) is 23.2. The van der Waals surface area contributed by atoms with Crippen LogP contribution in [0.15, 0.2) is 24.5 Å². The minimum atomic E-state index is 0.172. The Bertz CT molecular complexity index is 1440. The third kappa shape index (κ3) is 4.35. The van der Waals surface area contributed by atoms with Gasteiger partial charge in [0.05, 0.1) is 41.8 Å². The fourth-order valence-corrected chi connectivity index (χ4v) is 6.20. The highest BCUT2D eigenvalue weighted by atomic mass is 16.5. The molecule has 0 bridgehead atoms. The van der Waals surface area contributed by atoms with Gasteiger partial charge < -0.3 is 19.4 Å². The van der Waals surface area contributed by atoms with E-state index in [1.807, 2.05) is 31.1 Å². The maximum atomic E-state index is 12.7. The zero-order valence-electron chi connectivity index (χ0n) is 23.2. The molecule has 1 saturated heterocycles. The van der Waals surface area contributed by atoms with Crippen LogP contribution in [0.1, 0.15) is 56.0 Å². The number of carbonyl (C=O) groups excluding carboxylic acids is 1. The largest absolute Gasteiger partial charge is 0.381 e. The molecule has 204 valence electrons. The van der Waals surface area contributed by atoms with Crippen LogP contribution in [-0.4, -0.2) is 69.8 Å². The minimum Gasteiger partial charge on any atom is -0.381 e. The first-order chi connectivity index (χ1) is 18.9. The molecule has 1 amide bonds. The number of benzene rings is 1. The topological polar surface area (TPSA) is 95.5 Å². The molecular formula is C29H36N8O2. The van der Waals surface area contributed by atoms with Gasteiger partial charge in [-0.15, -0.1) is 0 Å². The summed E-state index contributed by atoms with van der Waals surface area (Å²) < 4.78 is 9.64. The summed E-state index contributed by atoms with van der Waals surface area (Å²) in [4.78, 5) is 19.3. The molecule has 0 aliphatic carbocycles. The highest BCUT2D eigenvalue weighted by Crippen LogP contribution is 2.45. The molecule has 10 heteroatoms. The lowest BCUT2D eigenvalue weighted by Crippen LogP contribution is -2.44. The first-order valence-corrected chi connectivity index (χ1v) is 13.9. The quantitative estimate of drug-likeness (QED) is 0.509. The number of anilines is 3. The number of hydrogen-bond donors (Lipinski definition) is 0. The van der Waals surface area contributed by atoms with Crippen molar-refractivity contribution in [2.45, 2.75) is 58.2 Å². The maximum Gasteiger partial charge on any atom is 0.222 e. The first kappa shape index (κ1) is 25.4. The fourth-order valence-electron chi connectivity index (χ4n) is 6.20. The van der Waals surface area contributed by atoms with Gasteiger partial charge in [-0.1, -0.05) is 6.92 Å². The average Bonchev–Trinajstić information content (AvgIpc) is 3.57. The van der Waals surface area contributed by atoms with E-state index in [9.17, 15) is 10.1 Å². The van der Waals surface area contributed by atoms with Gasteiger partial charge in [-0.3, -0.25) is 14.2 Å². The van der Waals surface area contributed by atoms with Crippen molar-refractivity contribution >= 4 is 23.1 Å². The molecule has 0 N–H and O–H groups in total. The molecule has 3 aliphatic heterocycles. The summed E-state index contributed by atoms with van der Waals surface area (Å²) in [5.41, 5.74) is 6.79. The molecule has 1 fully saturated rings. The molecule has 0 spiro atoms. The molecule has 39 heavy (non-hydrogen) atoms. The van der Waals surface area contributed by atoms with Gasteiger partial charge in [0, 0.05) is 87.9 Å². The Balaban J connectivity index is 1.50. The number of aromatic nitrogens is 4. The van der Waals surface area contributed by atoms with Gasteiger partial charge in [0.25, 0.3) is 0 Å². The van der Waals surface area contributed by atoms with E-state index < -0.39 is 0 Å². The van der Waals surface area contributed by atoms with E-state index in [-0.39, 0.29) is 11.9 Å². The standard InChI is InChI=1S/C29H36N8O2/c1-5-28(38)35-9-6-25-24(18-35)29(32-37(25)22-7-10-39-11-8-22)36-16-19(2)34(4)26-13-23(20(14-30)12-27(26)36)21-15-31-33(3)17-21/h12-13,15,17,19,22H,5-11,16,18H2,1-4H3/t19-/m1/s1. The number of hydrogen-bond acceptors (Lipinski definition) is 7. The summed E-state index contributed by atoms with van der Waals surface area (Å²) in [7, 11) is 3.99. The van der Waals surface area contributed by atoms with Gasteiger partial charge in [0.2, 0.25) is 5.91 Å². The average molecular weight is 529 g/mol. The Morgan fingerprint density at radius 3 is 2.69 bits per heavy atom. The van der Waals surface area contributed by atoms with Crippen LogP contribution in [0.3, 0.4) is 0 Å². The van der Waals surface area contributed by atoms with E-state index in [0.717, 1.165) is 79.4 Å². The Morgan fingerprint density at radius 2 is 2.00 bits per heavy atom. The molecule has 2 aromatic heterocycles. The monoisotopic (exact) mass is 528 g/mol. The van der Waals surface area contributed by atoms with Crippen LogP contribution < -0.4 is 9.80 Å². The number of fused-ring (bicyclic) bond motifs is 2. The molecule has 5 heterocycles. The van der Waals surface area contributed by atoms with Crippen LogP contribution in [-0.2, 0) is 29.5 Å². The van der Waals surface area contributed by atoms with Gasteiger partial charge in [0.15, 0.2) is 5.82 Å². The van der Waals surface area contributed by atoms with Crippen LogP contribution in [0.2, 0.25) is 0 Å². The van der Waals surface area contributed by atoms with E-state index in [4.69, 9.17) is 9.84 Å². The van der Waals surface area contributed by atoms with Crippen molar-refractivity contribution in [3.05, 3.63) is 41.3 Å². The molecule has 10 nitrogen and oxygen atoms in total. The number of ether oxygens (including phenoxy) is 1. The number of amides is 1. The zero-order chi connectivity index (χ0) is 27.3. The van der Waals surface area contributed by atoms with Crippen molar-refractivity contribution in [2.75, 3.05) is 43.2 Å². The van der Waals surface area contributed by atoms with Crippen molar-refractivity contribution < 1.29 is 9.53 Å². The van der Waals surface area contributed by atoms with Crippen molar-refractivity contribution in [2.24, 2.45) is 7.05 Å². The second-order valence-corrected chi connectivity index (χ2v) is 10.9. The van der Waals surface area contributed by atoms with E-state index in [1.54, 1.807) is 10.9 Å². The molecule has 0 unspecified atom stereocenters. The third-order valence-corrected chi connectivity index (χ3v) is 8.54. The Morgan fingerprint density at radius 1 is 1.21 bits per heavy atom. The molecule has 0 saturated carbocycles. The number of nitriles is 1. The van der Waals surface area contributed by atoms with E-state index in [0.29, 0.717) is 24.6 Å². The summed E-state index contributed by atoms with van der Waals surface area (Å²) >= 11 is 0. The SMILES string of the molecule is CCC(=O)N1CCc2c(c(N3C[C@@H](C)N(C)c4cc(-c5cnn(C)c5)c(C#N)cc43)nn2C2CCOCC2)C1. The van der Waals surface area contributed by atoms with Crippen molar-refractivity contribution in [3.63, 3.8) is 0 Å². The van der Waals surface area contributed by atoms with Crippen LogP contribution in [0.25, 0.3) is 11.1 Å². The molecule has 1 aromatic carbocycles. The fraction of sp³-hybridized carbons (Fsp3) is 0.517. The summed E-state index contributed by atoms with van der Waals surface area (Å²) in [6.07, 6.45) is 6.92. The second kappa shape index (κ2) is 10.0. The smallest absolute Gasteiger partial charge is 0.222 e. The van der Waals surface area contributed by atoms with Crippen molar-refractivity contribution in [1.29, 1.82) is 5.26 Å². The van der Waals surface area contributed by atoms with Gasteiger partial charge in [-0.25, -0.2) is 0 Å². The number of rotatable bonds is 4. The van der Waals surface area contributed by atoms with Crippen LogP contribution in [0.4, 0.5) is 17.2 Å². The van der Waals surface area contributed by atoms with Gasteiger partial charge >= 0.3 is 0 Å². The van der Waals surface area contributed by atoms with E-state index in [2.05, 4.69) is 45.7 Å². The van der Waals surface area contributed by atoms with Gasteiger partial charge in [-0.2, -0.15) is 15.5 Å². The Hall–Kier alpha value is -3.84. The predicted octanol–water partition coefficient (Wildman–Crippen LogP) is 3.78. The third-order valence-electron chi connectivity index (χ3n) is 8.54. The lowest BCUT2D eigenvalue weighted by Gasteiger charge is -2.41. The number of aryl methyl sites for hydroxylation is 1. The lowest BCUT2D eigenvalue weighted by molar-refractivity contribution is -0.131. The summed E-state index contributed by atoms with van der Waals surface area (Å²) in [6.45, 7) is 7.64. The maximum absolute atomic E-state index is 12.7. The highest BCUT2D eigenvalue weighted by molar-refractivity contribution is 5.87. The highest BCUT2D eigenvalue weighted by Gasteiger charge is 2.36.